The normalized spacial score (nSPS) is 15.4. The second-order valence-corrected chi connectivity index (χ2v) is 8.07. The molecule has 5 heterocycles. The molecule has 186 valence electrons. The molecule has 0 spiro atoms. The summed E-state index contributed by atoms with van der Waals surface area (Å²) < 4.78 is 33.7. The number of aryl methyl sites for hydroxylation is 1. The van der Waals surface area contributed by atoms with Crippen LogP contribution in [0.4, 0.5) is 35.2 Å². The van der Waals surface area contributed by atoms with Gasteiger partial charge in [0.05, 0.1) is 11.4 Å². The third-order valence-corrected chi connectivity index (χ3v) is 5.62. The molecular formula is C22H24F3N7O3. The highest BCUT2D eigenvalue weighted by Gasteiger charge is 2.38. The number of piperazine rings is 1. The Morgan fingerprint density at radius 1 is 1.11 bits per heavy atom. The topological polar surface area (TPSA) is 115 Å². The summed E-state index contributed by atoms with van der Waals surface area (Å²) >= 11 is 0. The van der Waals surface area contributed by atoms with Crippen molar-refractivity contribution in [3.8, 4) is 0 Å². The Labute approximate surface area is 198 Å². The number of imidazole rings is 1. The van der Waals surface area contributed by atoms with Gasteiger partial charge in [-0.05, 0) is 31.5 Å². The number of aromatic nitrogens is 3. The van der Waals surface area contributed by atoms with Gasteiger partial charge in [0.25, 0.3) is 0 Å². The summed E-state index contributed by atoms with van der Waals surface area (Å²) in [6.45, 7) is 6.52. The largest absolute Gasteiger partial charge is 0.490 e. The number of hydrogen-bond acceptors (Lipinski definition) is 6. The molecule has 13 heteroatoms. The maximum atomic E-state index is 12.9. The van der Waals surface area contributed by atoms with E-state index in [1.54, 1.807) is 4.90 Å². The minimum Gasteiger partial charge on any atom is -0.475 e. The predicted molar refractivity (Wildman–Crippen MR) is 123 cm³/mol. The molecule has 2 aliphatic rings. The molecule has 0 unspecified atom stereocenters. The van der Waals surface area contributed by atoms with E-state index in [0.29, 0.717) is 6.54 Å². The lowest BCUT2D eigenvalue weighted by molar-refractivity contribution is -0.192. The number of carbonyl (C=O) groups is 2. The molecule has 0 aliphatic carbocycles. The number of carbonyl (C=O) groups excluding carboxylic acids is 1. The lowest BCUT2D eigenvalue weighted by Crippen LogP contribution is -2.43. The van der Waals surface area contributed by atoms with E-state index in [-0.39, 0.29) is 6.03 Å². The Morgan fingerprint density at radius 3 is 2.51 bits per heavy atom. The summed E-state index contributed by atoms with van der Waals surface area (Å²) in [5.41, 5.74) is 4.92. The molecule has 0 atom stereocenters. The molecule has 35 heavy (non-hydrogen) atoms. The van der Waals surface area contributed by atoms with Gasteiger partial charge in [0, 0.05) is 62.6 Å². The van der Waals surface area contributed by atoms with Crippen LogP contribution in [0.25, 0.3) is 5.65 Å². The van der Waals surface area contributed by atoms with Crippen LogP contribution in [-0.4, -0.2) is 70.4 Å². The first-order valence-corrected chi connectivity index (χ1v) is 10.9. The molecule has 0 aromatic carbocycles. The lowest BCUT2D eigenvalue weighted by atomic mass is 10.1. The van der Waals surface area contributed by atoms with Crippen molar-refractivity contribution in [2.45, 2.75) is 19.5 Å². The van der Waals surface area contributed by atoms with Crippen LogP contribution < -0.4 is 20.4 Å². The SMILES string of the molecule is Cc1cn2cc(NC(=O)N3CCc4c(N5CCNCC5)ccnc43)ccc2n1.O=C(O)C(F)(F)F. The van der Waals surface area contributed by atoms with E-state index in [4.69, 9.17) is 9.90 Å². The quantitative estimate of drug-likeness (QED) is 0.505. The van der Waals surface area contributed by atoms with Crippen LogP contribution >= 0.6 is 0 Å². The number of alkyl halides is 3. The van der Waals surface area contributed by atoms with E-state index in [1.807, 2.05) is 42.0 Å². The molecule has 0 bridgehead atoms. The molecule has 1 fully saturated rings. The number of fused-ring (bicyclic) bond motifs is 2. The number of carboxylic acid groups (broad SMARTS) is 1. The smallest absolute Gasteiger partial charge is 0.475 e. The highest BCUT2D eigenvalue weighted by molar-refractivity contribution is 6.03. The summed E-state index contributed by atoms with van der Waals surface area (Å²) in [6, 6.07) is 5.70. The van der Waals surface area contributed by atoms with Crippen LogP contribution in [0.3, 0.4) is 0 Å². The molecule has 3 aromatic heterocycles. The summed E-state index contributed by atoms with van der Waals surface area (Å²) in [5.74, 6) is -1.99. The minimum atomic E-state index is -5.08. The third-order valence-electron chi connectivity index (χ3n) is 5.62. The first kappa shape index (κ1) is 24.3. The van der Waals surface area contributed by atoms with Crippen molar-refractivity contribution in [1.82, 2.24) is 19.7 Å². The Bertz CT molecular complexity index is 1240. The van der Waals surface area contributed by atoms with Gasteiger partial charge in [0.2, 0.25) is 0 Å². The van der Waals surface area contributed by atoms with Crippen molar-refractivity contribution in [2.24, 2.45) is 0 Å². The maximum Gasteiger partial charge on any atom is 0.490 e. The zero-order valence-electron chi connectivity index (χ0n) is 18.8. The standard InChI is InChI=1S/C20H23N7O.C2HF3O2/c1-14-12-26-13-15(2-3-18(26)23-14)24-20(28)27-9-5-16-17(4-6-22-19(16)27)25-10-7-21-8-11-25;3-2(4,5)1(6)7/h2-4,6,12-13,21H,5,7-11H2,1H3,(H,24,28);(H,6,7). The number of hydrogen-bond donors (Lipinski definition) is 3. The number of halogens is 3. The predicted octanol–water partition coefficient (Wildman–Crippen LogP) is 2.68. The van der Waals surface area contributed by atoms with Gasteiger partial charge >= 0.3 is 18.2 Å². The van der Waals surface area contributed by atoms with E-state index >= 15 is 0 Å². The number of nitrogens with one attached hydrogen (secondary N) is 2. The number of carboxylic acids is 1. The fourth-order valence-corrected chi connectivity index (χ4v) is 4.06. The fourth-order valence-electron chi connectivity index (χ4n) is 4.06. The average molecular weight is 491 g/mol. The van der Waals surface area contributed by atoms with E-state index in [2.05, 4.69) is 31.6 Å². The van der Waals surface area contributed by atoms with Gasteiger partial charge in [0.1, 0.15) is 11.5 Å². The van der Waals surface area contributed by atoms with Crippen molar-refractivity contribution in [3.05, 3.63) is 48.0 Å². The van der Waals surface area contributed by atoms with Crippen molar-refractivity contribution in [1.29, 1.82) is 0 Å². The molecule has 1 saturated heterocycles. The first-order valence-electron chi connectivity index (χ1n) is 10.9. The number of nitrogens with zero attached hydrogens (tertiary/aromatic N) is 5. The summed E-state index contributed by atoms with van der Waals surface area (Å²) in [6.07, 6.45) is 1.38. The zero-order chi connectivity index (χ0) is 25.2. The van der Waals surface area contributed by atoms with Gasteiger partial charge in [0.15, 0.2) is 0 Å². The molecule has 2 amide bonds. The van der Waals surface area contributed by atoms with Crippen molar-refractivity contribution < 1.29 is 27.9 Å². The van der Waals surface area contributed by atoms with Crippen LogP contribution in [0.5, 0.6) is 0 Å². The van der Waals surface area contributed by atoms with Crippen molar-refractivity contribution in [3.63, 3.8) is 0 Å². The summed E-state index contributed by atoms with van der Waals surface area (Å²) in [4.78, 5) is 34.9. The van der Waals surface area contributed by atoms with Crippen LogP contribution in [-0.2, 0) is 11.2 Å². The molecule has 0 radical (unpaired) electrons. The van der Waals surface area contributed by atoms with Gasteiger partial charge in [-0.2, -0.15) is 13.2 Å². The molecule has 10 nitrogen and oxygen atoms in total. The zero-order valence-corrected chi connectivity index (χ0v) is 18.8. The molecule has 3 aromatic rings. The van der Waals surface area contributed by atoms with Crippen LogP contribution in [0.1, 0.15) is 11.3 Å². The lowest BCUT2D eigenvalue weighted by Gasteiger charge is -2.31. The Kier molecular flexibility index (Phi) is 6.78. The molecule has 2 aliphatic heterocycles. The van der Waals surface area contributed by atoms with Crippen LogP contribution in [0.15, 0.2) is 36.8 Å². The fraction of sp³-hybridized carbons (Fsp3) is 0.364. The summed E-state index contributed by atoms with van der Waals surface area (Å²) in [7, 11) is 0. The number of urea groups is 1. The summed E-state index contributed by atoms with van der Waals surface area (Å²) in [5, 5.41) is 13.5. The van der Waals surface area contributed by atoms with E-state index in [0.717, 1.165) is 55.4 Å². The first-order chi connectivity index (χ1) is 16.6. The highest BCUT2D eigenvalue weighted by atomic mass is 19.4. The highest BCUT2D eigenvalue weighted by Crippen LogP contribution is 2.34. The van der Waals surface area contributed by atoms with Crippen LogP contribution in [0, 0.1) is 6.92 Å². The number of aliphatic carboxylic acids is 1. The van der Waals surface area contributed by atoms with Crippen molar-refractivity contribution in [2.75, 3.05) is 47.8 Å². The second-order valence-electron chi connectivity index (χ2n) is 8.07. The number of pyridine rings is 2. The van der Waals surface area contributed by atoms with Gasteiger partial charge in [-0.15, -0.1) is 0 Å². The molecular weight excluding hydrogens is 467 g/mol. The number of amides is 2. The Morgan fingerprint density at radius 2 is 1.83 bits per heavy atom. The maximum absolute atomic E-state index is 12.9. The number of rotatable bonds is 2. The van der Waals surface area contributed by atoms with E-state index in [9.17, 15) is 18.0 Å². The molecule has 5 rings (SSSR count). The van der Waals surface area contributed by atoms with E-state index < -0.39 is 12.1 Å². The van der Waals surface area contributed by atoms with Crippen LogP contribution in [0.2, 0.25) is 0 Å². The second kappa shape index (κ2) is 9.78. The minimum absolute atomic E-state index is 0.153. The Balaban J connectivity index is 0.000000364. The Hall–Kier alpha value is -3.87. The van der Waals surface area contributed by atoms with Gasteiger partial charge in [-0.1, -0.05) is 0 Å². The van der Waals surface area contributed by atoms with Gasteiger partial charge in [-0.25, -0.2) is 19.6 Å². The van der Waals surface area contributed by atoms with Gasteiger partial charge in [-0.3, -0.25) is 4.90 Å². The molecule has 3 N–H and O–H groups in total. The monoisotopic (exact) mass is 491 g/mol. The van der Waals surface area contributed by atoms with Crippen molar-refractivity contribution >= 4 is 34.8 Å². The average Bonchev–Trinajstić information content (AvgIpc) is 3.41. The molecule has 0 saturated carbocycles. The third kappa shape index (κ3) is 5.45. The number of anilines is 3. The van der Waals surface area contributed by atoms with E-state index in [1.165, 1.54) is 11.3 Å². The van der Waals surface area contributed by atoms with Gasteiger partial charge < -0.3 is 25.0 Å².